The molecule has 0 atom stereocenters. The third kappa shape index (κ3) is 3.89. The summed E-state index contributed by atoms with van der Waals surface area (Å²) in [4.78, 5) is 13.7. The molecule has 0 amide bonds. The van der Waals surface area contributed by atoms with E-state index in [2.05, 4.69) is 19.9 Å². The highest BCUT2D eigenvalue weighted by Crippen LogP contribution is 2.28. The summed E-state index contributed by atoms with van der Waals surface area (Å²) in [6.45, 7) is 5.56. The van der Waals surface area contributed by atoms with E-state index >= 15 is 0 Å². The summed E-state index contributed by atoms with van der Waals surface area (Å²) in [5, 5.41) is 8.76. The van der Waals surface area contributed by atoms with E-state index in [1.807, 2.05) is 11.0 Å². The zero-order valence-corrected chi connectivity index (χ0v) is 12.2. The molecule has 0 bridgehead atoms. The molecule has 0 radical (unpaired) electrons. The molecule has 1 aromatic rings. The molecule has 2 N–H and O–H groups in total. The van der Waals surface area contributed by atoms with Crippen LogP contribution in [0.1, 0.15) is 30.6 Å². The fourth-order valence-electron chi connectivity index (χ4n) is 2.05. The molecule has 0 aliphatic heterocycles. The Labute approximate surface area is 119 Å². The Bertz CT molecular complexity index is 506. The zero-order valence-electron chi connectivity index (χ0n) is 12.2. The van der Waals surface area contributed by atoms with Gasteiger partial charge in [0.25, 0.3) is 0 Å². The van der Waals surface area contributed by atoms with Crippen molar-refractivity contribution in [3.05, 3.63) is 23.8 Å². The molecule has 0 saturated carbocycles. The van der Waals surface area contributed by atoms with Crippen LogP contribution in [0.3, 0.4) is 0 Å². The van der Waals surface area contributed by atoms with E-state index in [9.17, 15) is 4.79 Å². The number of para-hydroxylation sites is 1. The molecule has 0 spiro atoms. The van der Waals surface area contributed by atoms with Gasteiger partial charge in [0.15, 0.2) is 0 Å². The van der Waals surface area contributed by atoms with E-state index in [1.54, 1.807) is 12.1 Å². The van der Waals surface area contributed by atoms with E-state index in [-0.39, 0.29) is 0 Å². The van der Waals surface area contributed by atoms with Crippen LogP contribution in [0.4, 0.5) is 11.4 Å². The number of nitrogens with two attached hydrogens (primary N) is 1. The predicted octanol–water partition coefficient (Wildman–Crippen LogP) is 2.43. The number of ether oxygens (including phenoxy) is 1. The number of hydrogen-bond donors (Lipinski definition) is 1. The van der Waals surface area contributed by atoms with Crippen molar-refractivity contribution in [2.24, 2.45) is 5.92 Å². The summed E-state index contributed by atoms with van der Waals surface area (Å²) in [5.41, 5.74) is 7.62. The summed E-state index contributed by atoms with van der Waals surface area (Å²) in [5.74, 6) is -0.0241. The van der Waals surface area contributed by atoms with Crippen LogP contribution < -0.4 is 10.6 Å². The Morgan fingerprint density at radius 2 is 2.20 bits per heavy atom. The molecule has 0 aliphatic rings. The fraction of sp³-hybridized carbons (Fsp3) is 0.467. The van der Waals surface area contributed by atoms with Gasteiger partial charge >= 0.3 is 5.97 Å². The van der Waals surface area contributed by atoms with Gasteiger partial charge < -0.3 is 15.4 Å². The molecule has 0 aromatic heterocycles. The summed E-state index contributed by atoms with van der Waals surface area (Å²) in [6, 6.07) is 7.41. The highest BCUT2D eigenvalue weighted by atomic mass is 16.5. The standard InChI is InChI=1S/C15H21N3O2/c1-11(2)10-18(9-5-8-16)13-7-4-6-12(14(13)17)15(19)20-3/h4,6-7,11H,5,9-10,17H2,1-3H3. The third-order valence-corrected chi connectivity index (χ3v) is 2.91. The van der Waals surface area contributed by atoms with Crippen molar-refractivity contribution in [1.29, 1.82) is 5.26 Å². The second-order valence-electron chi connectivity index (χ2n) is 4.98. The maximum atomic E-state index is 11.7. The first-order valence-electron chi connectivity index (χ1n) is 6.60. The molecule has 0 heterocycles. The number of nitriles is 1. The van der Waals surface area contributed by atoms with E-state index in [1.165, 1.54) is 7.11 Å². The average molecular weight is 275 g/mol. The molecule has 0 fully saturated rings. The molecule has 0 unspecified atom stereocenters. The van der Waals surface area contributed by atoms with Crippen molar-refractivity contribution < 1.29 is 9.53 Å². The summed E-state index contributed by atoms with van der Waals surface area (Å²) in [6.07, 6.45) is 0.411. The number of hydrogen-bond acceptors (Lipinski definition) is 5. The molecular weight excluding hydrogens is 254 g/mol. The van der Waals surface area contributed by atoms with Crippen molar-refractivity contribution in [3.8, 4) is 6.07 Å². The van der Waals surface area contributed by atoms with Crippen molar-refractivity contribution in [2.45, 2.75) is 20.3 Å². The monoisotopic (exact) mass is 275 g/mol. The lowest BCUT2D eigenvalue weighted by Crippen LogP contribution is -2.29. The number of carbonyl (C=O) groups excluding carboxylic acids is 1. The zero-order chi connectivity index (χ0) is 15.1. The molecule has 108 valence electrons. The van der Waals surface area contributed by atoms with Crippen LogP contribution in [0, 0.1) is 17.2 Å². The minimum Gasteiger partial charge on any atom is -0.465 e. The molecule has 1 aromatic carbocycles. The number of nitrogen functional groups attached to an aromatic ring is 1. The van der Waals surface area contributed by atoms with Gasteiger partial charge in [0.1, 0.15) is 0 Å². The molecule has 0 aliphatic carbocycles. The van der Waals surface area contributed by atoms with Gasteiger partial charge in [-0.1, -0.05) is 19.9 Å². The van der Waals surface area contributed by atoms with Gasteiger partial charge in [0.05, 0.1) is 36.5 Å². The lowest BCUT2D eigenvalue weighted by atomic mass is 10.1. The quantitative estimate of drug-likeness (QED) is 0.637. The molecule has 5 heteroatoms. The van der Waals surface area contributed by atoms with E-state index in [4.69, 9.17) is 15.7 Å². The van der Waals surface area contributed by atoms with Gasteiger partial charge in [-0.3, -0.25) is 0 Å². The SMILES string of the molecule is COC(=O)c1cccc(N(CCC#N)CC(C)C)c1N. The number of methoxy groups -OCH3 is 1. The largest absolute Gasteiger partial charge is 0.465 e. The minimum atomic E-state index is -0.450. The number of rotatable bonds is 6. The van der Waals surface area contributed by atoms with Crippen LogP contribution in [-0.4, -0.2) is 26.2 Å². The molecule has 5 nitrogen and oxygen atoms in total. The van der Waals surface area contributed by atoms with Gasteiger partial charge in [-0.05, 0) is 18.1 Å². The van der Waals surface area contributed by atoms with Crippen LogP contribution in [0.2, 0.25) is 0 Å². The molecule has 1 rings (SSSR count). The fourth-order valence-corrected chi connectivity index (χ4v) is 2.05. The summed E-state index contributed by atoms with van der Waals surface area (Å²) < 4.78 is 4.72. The normalized spacial score (nSPS) is 10.2. The second-order valence-corrected chi connectivity index (χ2v) is 4.98. The van der Waals surface area contributed by atoms with E-state index in [0.29, 0.717) is 30.1 Å². The number of benzene rings is 1. The highest BCUT2D eigenvalue weighted by molar-refractivity contribution is 5.98. The highest BCUT2D eigenvalue weighted by Gasteiger charge is 2.17. The minimum absolute atomic E-state index is 0.357. The first-order chi connectivity index (χ1) is 9.51. The van der Waals surface area contributed by atoms with Gasteiger partial charge in [-0.25, -0.2) is 4.79 Å². The lowest BCUT2D eigenvalue weighted by Gasteiger charge is -2.27. The van der Waals surface area contributed by atoms with Crippen molar-refractivity contribution in [1.82, 2.24) is 0 Å². The van der Waals surface area contributed by atoms with Crippen molar-refractivity contribution in [3.63, 3.8) is 0 Å². The number of nitrogens with zero attached hydrogens (tertiary/aromatic N) is 2. The third-order valence-electron chi connectivity index (χ3n) is 2.91. The van der Waals surface area contributed by atoms with Crippen LogP contribution in [0.25, 0.3) is 0 Å². The Morgan fingerprint density at radius 1 is 1.50 bits per heavy atom. The summed E-state index contributed by atoms with van der Waals surface area (Å²) in [7, 11) is 1.33. The van der Waals surface area contributed by atoms with E-state index < -0.39 is 5.97 Å². The Morgan fingerprint density at radius 3 is 2.75 bits per heavy atom. The molecule has 0 saturated heterocycles. The Kier molecular flexibility index (Phi) is 5.85. The van der Waals surface area contributed by atoms with Crippen LogP contribution >= 0.6 is 0 Å². The van der Waals surface area contributed by atoms with Gasteiger partial charge in [0, 0.05) is 13.1 Å². The van der Waals surface area contributed by atoms with Crippen molar-refractivity contribution in [2.75, 3.05) is 30.8 Å². The summed E-state index contributed by atoms with van der Waals surface area (Å²) >= 11 is 0. The number of anilines is 2. The second kappa shape index (κ2) is 7.39. The first kappa shape index (κ1) is 15.8. The van der Waals surface area contributed by atoms with Gasteiger partial charge in [-0.15, -0.1) is 0 Å². The Hall–Kier alpha value is -2.22. The van der Waals surface area contributed by atoms with Gasteiger partial charge in [-0.2, -0.15) is 5.26 Å². The predicted molar refractivity (Wildman–Crippen MR) is 79.5 cm³/mol. The van der Waals surface area contributed by atoms with E-state index in [0.717, 1.165) is 12.2 Å². The van der Waals surface area contributed by atoms with Crippen molar-refractivity contribution >= 4 is 17.3 Å². The van der Waals surface area contributed by atoms with Crippen LogP contribution in [0.5, 0.6) is 0 Å². The van der Waals surface area contributed by atoms with Crippen LogP contribution in [-0.2, 0) is 4.74 Å². The topological polar surface area (TPSA) is 79.3 Å². The Balaban J connectivity index is 3.13. The molecule has 20 heavy (non-hydrogen) atoms. The number of carbonyl (C=O) groups is 1. The average Bonchev–Trinajstić information content (AvgIpc) is 2.42. The van der Waals surface area contributed by atoms with Crippen LogP contribution in [0.15, 0.2) is 18.2 Å². The maximum absolute atomic E-state index is 11.7. The first-order valence-corrected chi connectivity index (χ1v) is 6.60. The lowest BCUT2D eigenvalue weighted by molar-refractivity contribution is 0.0602. The molecular formula is C15H21N3O2. The van der Waals surface area contributed by atoms with Gasteiger partial charge in [0.2, 0.25) is 0 Å². The smallest absolute Gasteiger partial charge is 0.340 e. The maximum Gasteiger partial charge on any atom is 0.340 e. The number of esters is 1.